The molecule has 2 aromatic carbocycles. The topological polar surface area (TPSA) is 119 Å². The van der Waals surface area contributed by atoms with E-state index in [2.05, 4.69) is 27.5 Å². The molecule has 8 heterocycles. The lowest BCUT2D eigenvalue weighted by atomic mass is 9.88. The Morgan fingerprint density at radius 2 is 1.95 bits per heavy atom. The van der Waals surface area contributed by atoms with Gasteiger partial charge in [0.15, 0.2) is 18.4 Å². The summed E-state index contributed by atoms with van der Waals surface area (Å²) < 4.78 is 76.0. The molecule has 6 atom stereocenters. The highest BCUT2D eigenvalue weighted by Gasteiger charge is 2.52. The van der Waals surface area contributed by atoms with Gasteiger partial charge in [-0.25, -0.2) is 22.9 Å². The molecule has 12 nitrogen and oxygen atoms in total. The van der Waals surface area contributed by atoms with Gasteiger partial charge in [-0.15, -0.1) is 6.42 Å². The highest BCUT2D eigenvalue weighted by molar-refractivity contribution is 6.03. The van der Waals surface area contributed by atoms with E-state index >= 15 is 8.78 Å². The number of benzene rings is 2. The molecule has 4 fully saturated rings. The number of hydrogen-bond acceptors (Lipinski definition) is 12. The van der Waals surface area contributed by atoms with Gasteiger partial charge in [-0.05, 0) is 75.1 Å². The number of rotatable bonds is 9. The number of aryl methyl sites for hydroxylation is 1. The number of halogens is 3. The molecule has 3 aromatic heterocycles. The van der Waals surface area contributed by atoms with E-state index < -0.39 is 29.2 Å². The lowest BCUT2D eigenvalue weighted by Crippen LogP contribution is -2.61. The van der Waals surface area contributed by atoms with Gasteiger partial charge in [0.2, 0.25) is 0 Å². The number of piperazine rings is 1. The summed E-state index contributed by atoms with van der Waals surface area (Å²) in [4.78, 5) is 33.7. The molecule has 5 aromatic rings. The Morgan fingerprint density at radius 3 is 2.74 bits per heavy atom. The van der Waals surface area contributed by atoms with E-state index in [0.29, 0.717) is 77.4 Å². The zero-order chi connectivity index (χ0) is 40.0. The normalized spacial score (nSPS) is 26.6. The lowest BCUT2D eigenvalue weighted by Gasteiger charge is -2.49. The summed E-state index contributed by atoms with van der Waals surface area (Å²) in [5, 5.41) is 1.33. The second kappa shape index (κ2) is 14.0. The largest absolute Gasteiger partial charge is 0.519 e. The first kappa shape index (κ1) is 37.1. The van der Waals surface area contributed by atoms with Crippen LogP contribution in [-0.4, -0.2) is 94.7 Å². The minimum absolute atomic E-state index is 0.00990. The van der Waals surface area contributed by atoms with E-state index in [1.54, 1.807) is 25.1 Å². The van der Waals surface area contributed by atoms with Crippen molar-refractivity contribution in [1.29, 1.82) is 0 Å². The summed E-state index contributed by atoms with van der Waals surface area (Å²) in [5.41, 5.74) is 0.262. The van der Waals surface area contributed by atoms with Crippen molar-refractivity contribution in [2.75, 3.05) is 45.0 Å². The van der Waals surface area contributed by atoms with Crippen molar-refractivity contribution < 1.29 is 36.2 Å². The minimum Gasteiger partial charge on any atom is -0.468 e. The Balaban J connectivity index is 1.15. The fourth-order valence-corrected chi connectivity index (χ4v) is 10.8. The fraction of sp³-hybridized carbons (Fsp3) is 0.488. The maximum absolute atomic E-state index is 17.7. The summed E-state index contributed by atoms with van der Waals surface area (Å²) >= 11 is 0. The number of terminal acetylenes is 1. The molecule has 10 rings (SSSR count). The number of hydrogen-bond donors (Lipinski definition) is 0. The molecule has 0 amide bonds. The second-order valence-electron chi connectivity index (χ2n) is 16.6. The Bertz CT molecular complexity index is 2570. The van der Waals surface area contributed by atoms with Gasteiger partial charge >= 0.3 is 11.8 Å². The van der Waals surface area contributed by atoms with Gasteiger partial charge in [-0.2, -0.15) is 9.97 Å². The first-order valence-corrected chi connectivity index (χ1v) is 19.9. The average molecular weight is 797 g/mol. The zero-order valence-electron chi connectivity index (χ0n) is 32.5. The van der Waals surface area contributed by atoms with Gasteiger partial charge in [0, 0.05) is 55.7 Å². The SMILES string of the molecule is C#Cc1c(F)ccc2cc(OCOC)cc(-c3nc4c5c(nc(OC[C@@]67CCCN6C[C@H](F)C7)nc5c3F)N3C[C@H]5CC[C@@H]([C@@H]3[C@@H](C)C4)N5Cc3oc(=O)oc3C)c12. The maximum atomic E-state index is 17.7. The number of methoxy groups -OCH3 is 1. The number of nitrogens with zero attached hydrogens (tertiary/aromatic N) is 6. The highest BCUT2D eigenvalue weighted by Crippen LogP contribution is 2.48. The van der Waals surface area contributed by atoms with Crippen LogP contribution in [0.4, 0.5) is 19.0 Å². The summed E-state index contributed by atoms with van der Waals surface area (Å²) in [7, 11) is 1.49. The molecule has 5 aliphatic rings. The summed E-state index contributed by atoms with van der Waals surface area (Å²) in [5.74, 6) is 2.20. The van der Waals surface area contributed by atoms with E-state index in [4.69, 9.17) is 44.4 Å². The molecule has 15 heteroatoms. The Hall–Kier alpha value is -5.17. The molecule has 0 aliphatic carbocycles. The van der Waals surface area contributed by atoms with E-state index in [1.807, 2.05) is 0 Å². The van der Waals surface area contributed by atoms with Crippen LogP contribution in [0.15, 0.2) is 37.9 Å². The fourth-order valence-electron chi connectivity index (χ4n) is 10.8. The van der Waals surface area contributed by atoms with Crippen LogP contribution in [-0.2, 0) is 17.7 Å². The standard InChI is InChI=1S/C43H43F3N6O6/c1-5-28-30(45)9-7-24-14-27(56-21-54-4)15-29(34(24)28)37-36(46)38-35-31(47-37)13-22(2)39-32-10-8-26(51(32)19-33-23(3)57-42(53)58-33)18-52(39)40(35)49-41(48-38)55-20-43-11-6-12-50(43)17-25(44)16-43/h1,7,9,14-15,22,25-26,32,39H,6,8,10-13,16-21H2,2-4H3/t22-,25+,26+,32-,39-,43-/m0/s1. The molecule has 0 radical (unpaired) electrons. The first-order valence-electron chi connectivity index (χ1n) is 19.9. The highest BCUT2D eigenvalue weighted by atomic mass is 19.1. The number of ether oxygens (including phenoxy) is 3. The molecule has 0 saturated carbocycles. The predicted molar refractivity (Wildman–Crippen MR) is 208 cm³/mol. The molecule has 0 unspecified atom stereocenters. The van der Waals surface area contributed by atoms with Gasteiger partial charge in [-0.1, -0.05) is 18.9 Å². The maximum Gasteiger partial charge on any atom is 0.519 e. The predicted octanol–water partition coefficient (Wildman–Crippen LogP) is 6.31. The second-order valence-corrected chi connectivity index (χ2v) is 16.6. The number of alkyl halides is 1. The molecule has 5 aliphatic heterocycles. The molecule has 2 bridgehead atoms. The lowest BCUT2D eigenvalue weighted by molar-refractivity contribution is 0.0512. The average Bonchev–Trinajstić information content (AvgIpc) is 3.89. The van der Waals surface area contributed by atoms with Gasteiger partial charge in [-0.3, -0.25) is 9.80 Å². The van der Waals surface area contributed by atoms with Crippen LogP contribution >= 0.6 is 0 Å². The van der Waals surface area contributed by atoms with Crippen molar-refractivity contribution in [3.63, 3.8) is 0 Å². The first-order chi connectivity index (χ1) is 28.1. The number of fused-ring (bicyclic) bond motifs is 7. The third-order valence-corrected chi connectivity index (χ3v) is 13.2. The minimum atomic E-state index is -0.955. The van der Waals surface area contributed by atoms with Crippen molar-refractivity contribution in [2.24, 2.45) is 5.92 Å². The van der Waals surface area contributed by atoms with Crippen LogP contribution in [0.5, 0.6) is 11.8 Å². The summed E-state index contributed by atoms with van der Waals surface area (Å²) in [6, 6.07) is 6.16. The Kier molecular flexibility index (Phi) is 8.96. The summed E-state index contributed by atoms with van der Waals surface area (Å²) in [6.45, 7) is 6.10. The van der Waals surface area contributed by atoms with E-state index in [0.717, 1.165) is 32.2 Å². The van der Waals surface area contributed by atoms with Crippen molar-refractivity contribution in [2.45, 2.75) is 88.8 Å². The van der Waals surface area contributed by atoms with Crippen LogP contribution < -0.4 is 20.2 Å². The van der Waals surface area contributed by atoms with Crippen molar-refractivity contribution >= 4 is 27.5 Å². The van der Waals surface area contributed by atoms with Gasteiger partial charge in [0.25, 0.3) is 0 Å². The van der Waals surface area contributed by atoms with E-state index in [9.17, 15) is 9.18 Å². The summed E-state index contributed by atoms with van der Waals surface area (Å²) in [6.07, 6.45) is 9.25. The van der Waals surface area contributed by atoms with Crippen LogP contribution in [0.1, 0.15) is 61.8 Å². The van der Waals surface area contributed by atoms with Crippen LogP contribution in [0.3, 0.4) is 0 Å². The van der Waals surface area contributed by atoms with Gasteiger partial charge in [0.05, 0.1) is 28.7 Å². The zero-order valence-corrected chi connectivity index (χ0v) is 32.5. The van der Waals surface area contributed by atoms with E-state index in [-0.39, 0.29) is 65.8 Å². The molecule has 0 N–H and O–H groups in total. The van der Waals surface area contributed by atoms with Crippen molar-refractivity contribution in [3.05, 3.63) is 69.3 Å². The number of pyridine rings is 1. The molecular formula is C43H43F3N6O6. The molecule has 0 spiro atoms. The number of aromatic nitrogens is 3. The Morgan fingerprint density at radius 1 is 1.09 bits per heavy atom. The Labute approximate surface area is 332 Å². The van der Waals surface area contributed by atoms with Gasteiger partial charge < -0.3 is 27.9 Å². The van der Waals surface area contributed by atoms with Crippen molar-refractivity contribution in [3.8, 4) is 35.4 Å². The molecular weight excluding hydrogens is 754 g/mol. The van der Waals surface area contributed by atoms with Crippen LogP contribution in [0.2, 0.25) is 0 Å². The quantitative estimate of drug-likeness (QED) is 0.123. The molecule has 58 heavy (non-hydrogen) atoms. The third kappa shape index (κ3) is 5.85. The number of anilines is 1. The van der Waals surface area contributed by atoms with Crippen LogP contribution in [0.25, 0.3) is 32.9 Å². The van der Waals surface area contributed by atoms with E-state index in [1.165, 1.54) is 13.2 Å². The van der Waals surface area contributed by atoms with Crippen LogP contribution in [0, 0.1) is 36.8 Å². The molecule has 302 valence electrons. The van der Waals surface area contributed by atoms with Gasteiger partial charge in [0.1, 0.15) is 47.1 Å². The smallest absolute Gasteiger partial charge is 0.468 e. The third-order valence-electron chi connectivity index (χ3n) is 13.2. The monoisotopic (exact) mass is 796 g/mol. The molecule has 4 saturated heterocycles. The van der Waals surface area contributed by atoms with Crippen molar-refractivity contribution in [1.82, 2.24) is 24.8 Å².